The van der Waals surface area contributed by atoms with Gasteiger partial charge in [0.15, 0.2) is 0 Å². The highest BCUT2D eigenvalue weighted by Gasteiger charge is 2.24. The van der Waals surface area contributed by atoms with Gasteiger partial charge in [0.25, 0.3) is 0 Å². The summed E-state index contributed by atoms with van der Waals surface area (Å²) in [5.74, 6) is 1.94. The fourth-order valence-corrected chi connectivity index (χ4v) is 5.85. The number of rotatable bonds is 1. The molecule has 1 aliphatic heterocycles. The Morgan fingerprint density at radius 2 is 1.46 bits per heavy atom. The summed E-state index contributed by atoms with van der Waals surface area (Å²) in [6.07, 6.45) is 1.88. The number of para-hydroxylation sites is 2. The second-order valence-electron chi connectivity index (χ2n) is 9.47. The third-order valence-electron chi connectivity index (χ3n) is 7.48. The Hall–Kier alpha value is -5.16. The van der Waals surface area contributed by atoms with Gasteiger partial charge in [-0.25, -0.2) is 4.98 Å². The molecule has 0 saturated heterocycles. The molecule has 5 nitrogen and oxygen atoms in total. The van der Waals surface area contributed by atoms with Gasteiger partial charge in [0, 0.05) is 44.8 Å². The molecular formula is C32H17N3O2. The third-order valence-corrected chi connectivity index (χ3v) is 7.48. The van der Waals surface area contributed by atoms with Crippen LogP contribution in [-0.4, -0.2) is 14.5 Å². The molecule has 1 aliphatic rings. The predicted octanol–water partition coefficient (Wildman–Crippen LogP) is 8.40. The molecule has 3 aromatic heterocycles. The van der Waals surface area contributed by atoms with Gasteiger partial charge in [-0.15, -0.1) is 0 Å². The van der Waals surface area contributed by atoms with Crippen LogP contribution in [0.1, 0.15) is 0 Å². The molecule has 37 heavy (non-hydrogen) atoms. The third kappa shape index (κ3) is 2.47. The second-order valence-corrected chi connectivity index (χ2v) is 9.47. The lowest BCUT2D eigenvalue weighted by Crippen LogP contribution is -2.06. The van der Waals surface area contributed by atoms with Crippen LogP contribution in [0.2, 0.25) is 0 Å². The van der Waals surface area contributed by atoms with Crippen LogP contribution in [0.25, 0.3) is 71.6 Å². The van der Waals surface area contributed by atoms with Crippen molar-refractivity contribution >= 4 is 54.5 Å². The molecule has 5 heteroatoms. The largest absolute Gasteiger partial charge is 0.456 e. The molecule has 0 N–H and O–H groups in total. The van der Waals surface area contributed by atoms with E-state index in [9.17, 15) is 0 Å². The summed E-state index contributed by atoms with van der Waals surface area (Å²) >= 11 is 0. The molecule has 4 heterocycles. The molecule has 172 valence electrons. The van der Waals surface area contributed by atoms with Gasteiger partial charge in [0.2, 0.25) is 11.8 Å². The summed E-state index contributed by atoms with van der Waals surface area (Å²) in [6.45, 7) is 0. The maximum absolute atomic E-state index is 6.34. The van der Waals surface area contributed by atoms with Crippen LogP contribution in [0.5, 0.6) is 11.6 Å². The van der Waals surface area contributed by atoms with Gasteiger partial charge in [0.1, 0.15) is 16.9 Å². The number of aromatic nitrogens is 3. The van der Waals surface area contributed by atoms with Crippen LogP contribution in [0.3, 0.4) is 0 Å². The summed E-state index contributed by atoms with van der Waals surface area (Å²) < 4.78 is 14.7. The Balaban J connectivity index is 1.34. The second kappa shape index (κ2) is 6.74. The number of fused-ring (bicyclic) bond motifs is 8. The lowest BCUT2D eigenvalue weighted by Gasteiger charge is -2.20. The molecule has 0 aliphatic carbocycles. The van der Waals surface area contributed by atoms with Crippen molar-refractivity contribution in [3.63, 3.8) is 0 Å². The number of hydrogen-bond acceptors (Lipinski definition) is 4. The van der Waals surface area contributed by atoms with E-state index in [1.807, 2.05) is 42.6 Å². The standard InChI is InChI=1S/C32H17N3O2/c1-3-12-25-19(9-1)22-15-23-20-10-2-4-13-27(20)36-29(23)16-26(22)35(25)32-33-17-24-21-11-5-7-18-8-6-14-28(30(18)21)37-31(24)34-32/h1-17H. The van der Waals surface area contributed by atoms with Crippen LogP contribution in [0, 0.1) is 0 Å². The summed E-state index contributed by atoms with van der Waals surface area (Å²) in [7, 11) is 0. The first kappa shape index (κ1) is 19.1. The van der Waals surface area contributed by atoms with Crippen molar-refractivity contribution in [2.75, 3.05) is 0 Å². The zero-order chi connectivity index (χ0) is 24.1. The van der Waals surface area contributed by atoms with Crippen LogP contribution >= 0.6 is 0 Å². The maximum Gasteiger partial charge on any atom is 0.237 e. The molecule has 0 bridgehead atoms. The Morgan fingerprint density at radius 1 is 0.622 bits per heavy atom. The van der Waals surface area contributed by atoms with Gasteiger partial charge in [-0.3, -0.25) is 4.57 Å². The SMILES string of the molecule is c1cc2c3c(cccc3c1)-c1cnc(-n3c4ccccc4c4cc5c(cc43)oc3ccccc35)nc1O2. The van der Waals surface area contributed by atoms with E-state index in [2.05, 4.69) is 65.2 Å². The highest BCUT2D eigenvalue weighted by Crippen LogP contribution is 2.45. The van der Waals surface area contributed by atoms with Crippen LogP contribution in [0.15, 0.2) is 108 Å². The van der Waals surface area contributed by atoms with Gasteiger partial charge in [-0.1, -0.05) is 66.7 Å². The predicted molar refractivity (Wildman–Crippen MR) is 147 cm³/mol. The molecule has 0 spiro atoms. The first-order valence-electron chi connectivity index (χ1n) is 12.3. The number of ether oxygens (including phenoxy) is 1. The highest BCUT2D eigenvalue weighted by molar-refractivity contribution is 6.17. The van der Waals surface area contributed by atoms with Crippen molar-refractivity contribution in [1.82, 2.24) is 14.5 Å². The fourth-order valence-electron chi connectivity index (χ4n) is 5.85. The summed E-state index contributed by atoms with van der Waals surface area (Å²) in [5, 5.41) is 6.72. The van der Waals surface area contributed by atoms with Crippen molar-refractivity contribution in [2.45, 2.75) is 0 Å². The van der Waals surface area contributed by atoms with Gasteiger partial charge in [-0.05, 0) is 29.7 Å². The molecule has 0 amide bonds. The van der Waals surface area contributed by atoms with Gasteiger partial charge >= 0.3 is 0 Å². The van der Waals surface area contributed by atoms with E-state index in [4.69, 9.17) is 19.1 Å². The van der Waals surface area contributed by atoms with E-state index >= 15 is 0 Å². The minimum atomic E-state index is 0.562. The zero-order valence-electron chi connectivity index (χ0n) is 19.5. The molecule has 0 unspecified atom stereocenters. The van der Waals surface area contributed by atoms with Crippen LogP contribution < -0.4 is 4.74 Å². The molecule has 8 aromatic rings. The first-order valence-corrected chi connectivity index (χ1v) is 12.3. The molecule has 5 aromatic carbocycles. The topological polar surface area (TPSA) is 53.1 Å². The summed E-state index contributed by atoms with van der Waals surface area (Å²) in [5.41, 5.74) is 5.74. The lowest BCUT2D eigenvalue weighted by atomic mass is 9.97. The lowest BCUT2D eigenvalue weighted by molar-refractivity contribution is 0.465. The van der Waals surface area contributed by atoms with E-state index in [0.29, 0.717) is 11.8 Å². The van der Waals surface area contributed by atoms with Crippen LogP contribution in [-0.2, 0) is 0 Å². The quantitative estimate of drug-likeness (QED) is 0.239. The van der Waals surface area contributed by atoms with Crippen molar-refractivity contribution < 1.29 is 9.15 Å². The minimum absolute atomic E-state index is 0.562. The minimum Gasteiger partial charge on any atom is -0.456 e. The number of furan rings is 1. The van der Waals surface area contributed by atoms with Crippen molar-refractivity contribution in [1.29, 1.82) is 0 Å². The van der Waals surface area contributed by atoms with Gasteiger partial charge in [-0.2, -0.15) is 4.98 Å². The van der Waals surface area contributed by atoms with E-state index in [-0.39, 0.29) is 0 Å². The Kier molecular flexibility index (Phi) is 3.47. The van der Waals surface area contributed by atoms with Gasteiger partial charge < -0.3 is 9.15 Å². The van der Waals surface area contributed by atoms with E-state index in [0.717, 1.165) is 71.4 Å². The summed E-state index contributed by atoms with van der Waals surface area (Å²) in [6, 6.07) is 33.2. The average Bonchev–Trinajstić information content (AvgIpc) is 3.47. The van der Waals surface area contributed by atoms with Crippen molar-refractivity contribution in [3.8, 4) is 28.7 Å². The first-order chi connectivity index (χ1) is 18.3. The van der Waals surface area contributed by atoms with E-state index in [1.165, 1.54) is 0 Å². The normalized spacial score (nSPS) is 12.5. The van der Waals surface area contributed by atoms with Crippen molar-refractivity contribution in [2.24, 2.45) is 0 Å². The molecule has 9 rings (SSSR count). The molecular weight excluding hydrogens is 458 g/mol. The Labute approximate surface area is 210 Å². The van der Waals surface area contributed by atoms with Crippen molar-refractivity contribution in [3.05, 3.63) is 103 Å². The van der Waals surface area contributed by atoms with E-state index in [1.54, 1.807) is 0 Å². The maximum atomic E-state index is 6.34. The highest BCUT2D eigenvalue weighted by atomic mass is 16.5. The monoisotopic (exact) mass is 475 g/mol. The molecule has 0 atom stereocenters. The Morgan fingerprint density at radius 3 is 2.41 bits per heavy atom. The molecule has 0 radical (unpaired) electrons. The fraction of sp³-hybridized carbons (Fsp3) is 0. The molecule has 0 saturated carbocycles. The molecule has 0 fully saturated rings. The summed E-state index contributed by atoms with van der Waals surface area (Å²) in [4.78, 5) is 9.82. The van der Waals surface area contributed by atoms with Crippen LogP contribution in [0.4, 0.5) is 0 Å². The average molecular weight is 476 g/mol. The number of hydrogen-bond donors (Lipinski definition) is 0. The number of benzene rings is 5. The zero-order valence-corrected chi connectivity index (χ0v) is 19.5. The smallest absolute Gasteiger partial charge is 0.237 e. The van der Waals surface area contributed by atoms with Gasteiger partial charge in [0.05, 0.1) is 16.6 Å². The number of nitrogens with zero attached hydrogens (tertiary/aromatic N) is 3. The Bertz CT molecular complexity index is 2230. The van der Waals surface area contributed by atoms with E-state index < -0.39 is 0 Å².